The third-order valence-electron chi connectivity index (χ3n) is 4.91. The first-order valence-corrected chi connectivity index (χ1v) is 13.4. The van der Waals surface area contributed by atoms with Crippen molar-refractivity contribution in [2.75, 3.05) is 35.2 Å². The molecular formula is C21H30N6O7S2. The van der Waals surface area contributed by atoms with E-state index < -0.39 is 22.8 Å². The van der Waals surface area contributed by atoms with Crippen molar-refractivity contribution in [3.8, 4) is 0 Å². The van der Waals surface area contributed by atoms with E-state index in [2.05, 4.69) is 31.2 Å². The van der Waals surface area contributed by atoms with Crippen LogP contribution in [0.3, 0.4) is 0 Å². The van der Waals surface area contributed by atoms with Crippen LogP contribution in [0.15, 0.2) is 29.3 Å². The van der Waals surface area contributed by atoms with Crippen LogP contribution in [0.5, 0.6) is 0 Å². The normalized spacial score (nSPS) is 16.0. The highest BCUT2D eigenvalue weighted by molar-refractivity contribution is 8.24. The summed E-state index contributed by atoms with van der Waals surface area (Å²) in [5, 5.41) is 21.8. The molecule has 0 saturated carbocycles. The van der Waals surface area contributed by atoms with Crippen molar-refractivity contribution in [1.82, 2.24) is 9.88 Å². The maximum absolute atomic E-state index is 11.5. The molecule has 15 heteroatoms. The lowest BCUT2D eigenvalue weighted by atomic mass is 10.1. The Kier molecular flexibility index (Phi) is 11.1. The number of hydrogen-bond donors (Lipinski definition) is 7. The molecule has 1 aromatic carbocycles. The molecule has 3 rings (SSSR count). The van der Waals surface area contributed by atoms with Gasteiger partial charge in [-0.25, -0.2) is 14.6 Å². The van der Waals surface area contributed by atoms with Gasteiger partial charge in [0.05, 0.1) is 23.5 Å². The number of aryl methyl sites for hydroxylation is 2. The molecule has 1 aliphatic heterocycles. The lowest BCUT2D eigenvalue weighted by Gasteiger charge is -2.40. The van der Waals surface area contributed by atoms with Crippen molar-refractivity contribution < 1.29 is 33.7 Å². The molecule has 1 aromatic heterocycles. The number of primary amides is 1. The molecule has 0 spiro atoms. The fourth-order valence-corrected chi connectivity index (χ4v) is 5.63. The molecule has 3 amide bonds. The van der Waals surface area contributed by atoms with Crippen molar-refractivity contribution in [2.45, 2.75) is 26.3 Å². The molecular weight excluding hydrogens is 512 g/mol. The van der Waals surface area contributed by atoms with Gasteiger partial charge in [0, 0.05) is 37.1 Å². The number of aliphatic imine (C=N–C) groups is 1. The Morgan fingerprint density at radius 1 is 1.17 bits per heavy atom. The Labute approximate surface area is 213 Å². The van der Waals surface area contributed by atoms with Crippen LogP contribution in [-0.4, -0.2) is 78.2 Å². The van der Waals surface area contributed by atoms with Crippen molar-refractivity contribution in [1.29, 1.82) is 0 Å². The first kappa shape index (κ1) is 29.0. The maximum Gasteiger partial charge on any atom is 0.432 e. The summed E-state index contributed by atoms with van der Waals surface area (Å²) < 4.78 is 19.7. The number of rotatable bonds is 8. The van der Waals surface area contributed by atoms with Gasteiger partial charge in [-0.2, -0.15) is 15.6 Å². The van der Waals surface area contributed by atoms with Crippen LogP contribution < -0.4 is 16.4 Å². The second-order valence-electron chi connectivity index (χ2n) is 7.78. The van der Waals surface area contributed by atoms with Crippen LogP contribution in [0.4, 0.5) is 20.4 Å². The molecule has 0 bridgehead atoms. The number of carbonyl (C=O) groups excluding carboxylic acids is 1. The molecule has 36 heavy (non-hydrogen) atoms. The average Bonchev–Trinajstić information content (AvgIpc) is 3.14. The number of amides is 3. The van der Waals surface area contributed by atoms with Gasteiger partial charge < -0.3 is 26.6 Å². The van der Waals surface area contributed by atoms with Crippen LogP contribution in [0.25, 0.3) is 0 Å². The van der Waals surface area contributed by atoms with E-state index in [1.54, 1.807) is 0 Å². The number of nitrogens with two attached hydrogens (primary N) is 1. The lowest BCUT2D eigenvalue weighted by molar-refractivity contribution is -0.114. The predicted molar refractivity (Wildman–Crippen MR) is 140 cm³/mol. The first-order chi connectivity index (χ1) is 16.9. The zero-order valence-corrected chi connectivity index (χ0v) is 21.2. The quantitative estimate of drug-likeness (QED) is 0.191. The molecule has 2 heterocycles. The number of thiazole rings is 1. The molecule has 1 aliphatic rings. The van der Waals surface area contributed by atoms with E-state index in [0.717, 1.165) is 34.6 Å². The minimum atomic E-state index is -2.44. The summed E-state index contributed by atoms with van der Waals surface area (Å²) in [6, 6.07) is 7.60. The summed E-state index contributed by atoms with van der Waals surface area (Å²) in [5.74, 6) is 0.604. The van der Waals surface area contributed by atoms with Gasteiger partial charge >= 0.3 is 12.2 Å². The van der Waals surface area contributed by atoms with E-state index in [0.29, 0.717) is 42.7 Å². The Bertz CT molecular complexity index is 1060. The van der Waals surface area contributed by atoms with Crippen molar-refractivity contribution in [3.63, 3.8) is 0 Å². The van der Waals surface area contributed by atoms with Crippen LogP contribution in [0.1, 0.15) is 23.1 Å². The monoisotopic (exact) mass is 542 g/mol. The summed E-state index contributed by atoms with van der Waals surface area (Å²) in [4.78, 5) is 41.7. The number of aromatic nitrogens is 1. The molecule has 0 unspecified atom stereocenters. The number of nitrogens with one attached hydrogen (secondary N) is 2. The maximum atomic E-state index is 11.5. The van der Waals surface area contributed by atoms with Gasteiger partial charge in [-0.1, -0.05) is 12.1 Å². The van der Waals surface area contributed by atoms with E-state index >= 15 is 0 Å². The highest BCUT2D eigenvalue weighted by Crippen LogP contribution is 2.40. The van der Waals surface area contributed by atoms with E-state index in [4.69, 9.17) is 15.0 Å². The fourth-order valence-electron chi connectivity index (χ4n) is 3.22. The second-order valence-corrected chi connectivity index (χ2v) is 11.3. The molecule has 198 valence electrons. The molecule has 0 radical (unpaired) electrons. The van der Waals surface area contributed by atoms with E-state index in [-0.39, 0.29) is 5.91 Å². The van der Waals surface area contributed by atoms with Crippen LogP contribution >= 0.6 is 21.9 Å². The second kappa shape index (κ2) is 13.7. The summed E-state index contributed by atoms with van der Waals surface area (Å²) >= 11 is 1.45. The van der Waals surface area contributed by atoms with Gasteiger partial charge in [0.15, 0.2) is 5.13 Å². The minimum Gasteiger partial charge on any atom is -0.465 e. The van der Waals surface area contributed by atoms with Crippen molar-refractivity contribution in [3.05, 3.63) is 40.4 Å². The fraction of sp³-hybridized carbons (Fsp3) is 0.381. The summed E-state index contributed by atoms with van der Waals surface area (Å²) in [5.41, 5.74) is 6.78. The molecule has 2 aromatic rings. The Morgan fingerprint density at radius 2 is 1.78 bits per heavy atom. The molecule has 13 nitrogen and oxygen atoms in total. The number of carboxylic acid groups (broad SMARTS) is 2. The van der Waals surface area contributed by atoms with Crippen LogP contribution in [-0.2, 0) is 24.2 Å². The van der Waals surface area contributed by atoms with Gasteiger partial charge in [0.25, 0.3) is 0 Å². The number of hydrogen-bond acceptors (Lipinski definition) is 8. The Morgan fingerprint density at radius 3 is 2.33 bits per heavy atom. The van der Waals surface area contributed by atoms with E-state index in [9.17, 15) is 18.7 Å². The van der Waals surface area contributed by atoms with Gasteiger partial charge in [0.1, 0.15) is 0 Å². The topological polar surface area (TPSA) is 211 Å². The minimum absolute atomic E-state index is 0.168. The zero-order chi connectivity index (χ0) is 26.7. The highest BCUT2D eigenvalue weighted by atomic mass is 32.3. The highest BCUT2D eigenvalue weighted by Gasteiger charge is 2.24. The summed E-state index contributed by atoms with van der Waals surface area (Å²) in [7, 11) is -2.44. The standard InChI is InChI=1S/C20H27N5O5S2.CH3NO2/c1-14(26)23-19-24-17(18(31-19)12-25-8-10-32(29,30)11-9-25)7-4-15-2-5-16(6-3-15)21-13-22-20(27)28;2-1(3)4/h2-3,5-6,13,29-30H,4,7-12H2,1H3,(H,21,22)(H,27,28)(H,23,24,26);2H2,(H,3,4). The smallest absolute Gasteiger partial charge is 0.432 e. The molecule has 0 atom stereocenters. The third-order valence-corrected chi connectivity index (χ3v) is 7.58. The lowest BCUT2D eigenvalue weighted by Crippen LogP contribution is -2.37. The predicted octanol–water partition coefficient (Wildman–Crippen LogP) is 3.19. The van der Waals surface area contributed by atoms with E-state index in [1.807, 2.05) is 24.3 Å². The van der Waals surface area contributed by atoms with Crippen LogP contribution in [0, 0.1) is 0 Å². The molecule has 0 aliphatic carbocycles. The number of nitrogens with zero attached hydrogens (tertiary/aromatic N) is 3. The SMILES string of the molecule is CC(=O)Nc1nc(CCc2ccc(NC=NC(=O)O)cc2)c(CN2CCS(O)(O)CC2)s1.NC(=O)O. The number of anilines is 2. The van der Waals surface area contributed by atoms with Gasteiger partial charge in [0.2, 0.25) is 5.91 Å². The van der Waals surface area contributed by atoms with Gasteiger partial charge in [-0.05, 0) is 30.5 Å². The Balaban J connectivity index is 0.00000106. The summed E-state index contributed by atoms with van der Waals surface area (Å²) in [6.07, 6.45) is -0.0194. The number of benzene rings is 1. The van der Waals surface area contributed by atoms with Crippen molar-refractivity contribution >= 4 is 57.2 Å². The molecule has 1 fully saturated rings. The largest absolute Gasteiger partial charge is 0.465 e. The number of carbonyl (C=O) groups is 3. The first-order valence-electron chi connectivity index (χ1n) is 10.7. The molecule has 1 saturated heterocycles. The van der Waals surface area contributed by atoms with Gasteiger partial charge in [-0.15, -0.1) is 11.3 Å². The third kappa shape index (κ3) is 11.0. The Hall–Kier alpha value is -3.24. The zero-order valence-electron chi connectivity index (χ0n) is 19.6. The van der Waals surface area contributed by atoms with Crippen LogP contribution in [0.2, 0.25) is 0 Å². The van der Waals surface area contributed by atoms with E-state index in [1.165, 1.54) is 18.3 Å². The van der Waals surface area contributed by atoms with Gasteiger partial charge in [-0.3, -0.25) is 18.8 Å². The average molecular weight is 543 g/mol. The summed E-state index contributed by atoms with van der Waals surface area (Å²) in [6.45, 7) is 3.35. The molecule has 8 N–H and O–H groups in total. The van der Waals surface area contributed by atoms with Crippen molar-refractivity contribution in [2.24, 2.45) is 10.7 Å².